The smallest absolute Gasteiger partial charge is 0.0956 e. The van der Waals surface area contributed by atoms with Gasteiger partial charge in [-0.05, 0) is 18.4 Å². The molecule has 0 aliphatic heterocycles. The molecule has 0 fully saturated rings. The number of methoxy groups -OCH3 is 1. The standard InChI is InChI=1S/C10H16O/c1-8(2)9-4-6-10(11-3)7-5-9/h4,7-8H,5-6H2,1-3H3. The summed E-state index contributed by atoms with van der Waals surface area (Å²) in [5.41, 5.74) is 1.53. The fourth-order valence-electron chi connectivity index (χ4n) is 1.27. The van der Waals surface area contributed by atoms with Crippen LogP contribution in [0.4, 0.5) is 0 Å². The van der Waals surface area contributed by atoms with Crippen molar-refractivity contribution in [1.29, 1.82) is 0 Å². The monoisotopic (exact) mass is 152 g/mol. The lowest BCUT2D eigenvalue weighted by molar-refractivity contribution is 0.281. The number of ether oxygens (including phenoxy) is 1. The number of hydrogen-bond acceptors (Lipinski definition) is 1. The first-order valence-corrected chi connectivity index (χ1v) is 4.16. The van der Waals surface area contributed by atoms with Gasteiger partial charge in [-0.3, -0.25) is 0 Å². The lowest BCUT2D eigenvalue weighted by atomic mass is 9.95. The topological polar surface area (TPSA) is 9.23 Å². The van der Waals surface area contributed by atoms with Crippen LogP contribution < -0.4 is 0 Å². The average Bonchev–Trinajstić information content (AvgIpc) is 2.05. The maximum atomic E-state index is 5.14. The number of hydrogen-bond donors (Lipinski definition) is 0. The van der Waals surface area contributed by atoms with Crippen LogP contribution >= 0.6 is 0 Å². The average molecular weight is 152 g/mol. The Balaban J connectivity index is 2.50. The summed E-state index contributed by atoms with van der Waals surface area (Å²) in [5, 5.41) is 0. The lowest BCUT2D eigenvalue weighted by Crippen LogP contribution is -1.99. The van der Waals surface area contributed by atoms with E-state index in [1.165, 1.54) is 5.57 Å². The molecule has 0 radical (unpaired) electrons. The molecule has 0 aromatic carbocycles. The highest BCUT2D eigenvalue weighted by Gasteiger charge is 2.07. The molecule has 11 heavy (non-hydrogen) atoms. The summed E-state index contributed by atoms with van der Waals surface area (Å²) < 4.78 is 5.14. The van der Waals surface area contributed by atoms with Gasteiger partial charge in [0.25, 0.3) is 0 Å². The van der Waals surface area contributed by atoms with Crippen LogP contribution in [0.25, 0.3) is 0 Å². The maximum absolute atomic E-state index is 5.14. The Hall–Kier alpha value is -0.720. The summed E-state index contributed by atoms with van der Waals surface area (Å²) in [6.45, 7) is 4.47. The van der Waals surface area contributed by atoms with Crippen molar-refractivity contribution in [3.8, 4) is 0 Å². The van der Waals surface area contributed by atoms with Crippen molar-refractivity contribution in [3.05, 3.63) is 23.5 Å². The van der Waals surface area contributed by atoms with Gasteiger partial charge in [0.15, 0.2) is 0 Å². The van der Waals surface area contributed by atoms with Crippen LogP contribution in [0, 0.1) is 5.92 Å². The first-order chi connectivity index (χ1) is 5.24. The van der Waals surface area contributed by atoms with E-state index in [2.05, 4.69) is 26.0 Å². The Labute approximate surface area is 68.8 Å². The summed E-state index contributed by atoms with van der Waals surface area (Å²) in [4.78, 5) is 0. The van der Waals surface area contributed by atoms with Crippen molar-refractivity contribution in [2.45, 2.75) is 26.7 Å². The van der Waals surface area contributed by atoms with Crippen LogP contribution in [0.2, 0.25) is 0 Å². The number of rotatable bonds is 2. The van der Waals surface area contributed by atoms with Crippen molar-refractivity contribution in [2.24, 2.45) is 5.92 Å². The molecule has 0 amide bonds. The zero-order valence-corrected chi connectivity index (χ0v) is 7.55. The molecule has 0 aromatic heterocycles. The van der Waals surface area contributed by atoms with E-state index in [9.17, 15) is 0 Å². The predicted octanol–water partition coefficient (Wildman–Crippen LogP) is 2.89. The molecule has 0 heterocycles. The molecule has 1 rings (SSSR count). The molecule has 62 valence electrons. The maximum Gasteiger partial charge on any atom is 0.0956 e. The van der Waals surface area contributed by atoms with E-state index >= 15 is 0 Å². The third-order valence-electron chi connectivity index (χ3n) is 2.13. The normalized spacial score (nSPS) is 17.8. The molecule has 0 saturated carbocycles. The summed E-state index contributed by atoms with van der Waals surface area (Å²) in [6, 6.07) is 0. The van der Waals surface area contributed by atoms with Crippen LogP contribution in [0.15, 0.2) is 23.5 Å². The molecule has 1 aliphatic rings. The molecular formula is C10H16O. The molecule has 0 aromatic rings. The van der Waals surface area contributed by atoms with Crippen molar-refractivity contribution in [1.82, 2.24) is 0 Å². The third kappa shape index (κ3) is 2.11. The molecule has 1 aliphatic carbocycles. The quantitative estimate of drug-likeness (QED) is 0.553. The van der Waals surface area contributed by atoms with Crippen molar-refractivity contribution < 1.29 is 4.74 Å². The highest BCUT2D eigenvalue weighted by molar-refractivity contribution is 5.19. The zero-order chi connectivity index (χ0) is 8.27. The van der Waals surface area contributed by atoms with Crippen molar-refractivity contribution in [3.63, 3.8) is 0 Å². The highest BCUT2D eigenvalue weighted by atomic mass is 16.5. The van der Waals surface area contributed by atoms with E-state index in [0.717, 1.165) is 18.6 Å². The van der Waals surface area contributed by atoms with Crippen LogP contribution in [0.1, 0.15) is 26.7 Å². The highest BCUT2D eigenvalue weighted by Crippen LogP contribution is 2.22. The minimum absolute atomic E-state index is 0.685. The van der Waals surface area contributed by atoms with E-state index in [1.54, 1.807) is 7.11 Å². The number of allylic oxidation sites excluding steroid dienone is 3. The summed E-state index contributed by atoms with van der Waals surface area (Å²) in [5.74, 6) is 1.79. The Kier molecular flexibility index (Phi) is 2.75. The van der Waals surface area contributed by atoms with Gasteiger partial charge in [0, 0.05) is 6.42 Å². The lowest BCUT2D eigenvalue weighted by Gasteiger charge is -2.15. The fraction of sp³-hybridized carbons (Fsp3) is 0.600. The molecule has 1 heteroatoms. The van der Waals surface area contributed by atoms with Gasteiger partial charge < -0.3 is 4.74 Å². The molecule has 0 saturated heterocycles. The van der Waals surface area contributed by atoms with E-state index in [-0.39, 0.29) is 0 Å². The second-order valence-corrected chi connectivity index (χ2v) is 3.22. The molecule has 0 spiro atoms. The largest absolute Gasteiger partial charge is 0.501 e. The van der Waals surface area contributed by atoms with E-state index < -0.39 is 0 Å². The first-order valence-electron chi connectivity index (χ1n) is 4.16. The van der Waals surface area contributed by atoms with Crippen molar-refractivity contribution >= 4 is 0 Å². The van der Waals surface area contributed by atoms with Gasteiger partial charge in [-0.15, -0.1) is 0 Å². The minimum Gasteiger partial charge on any atom is -0.501 e. The molecule has 0 bridgehead atoms. The Morgan fingerprint density at radius 2 is 2.00 bits per heavy atom. The second-order valence-electron chi connectivity index (χ2n) is 3.22. The van der Waals surface area contributed by atoms with Crippen molar-refractivity contribution in [2.75, 3.05) is 7.11 Å². The third-order valence-corrected chi connectivity index (χ3v) is 2.13. The van der Waals surface area contributed by atoms with Crippen LogP contribution in [-0.4, -0.2) is 7.11 Å². The van der Waals surface area contributed by atoms with E-state index in [4.69, 9.17) is 4.74 Å². The zero-order valence-electron chi connectivity index (χ0n) is 7.55. The minimum atomic E-state index is 0.685. The summed E-state index contributed by atoms with van der Waals surface area (Å²) >= 11 is 0. The Bertz CT molecular complexity index is 187. The van der Waals surface area contributed by atoms with Gasteiger partial charge >= 0.3 is 0 Å². The molecule has 0 N–H and O–H groups in total. The Morgan fingerprint density at radius 1 is 1.27 bits per heavy atom. The van der Waals surface area contributed by atoms with Gasteiger partial charge in [0.1, 0.15) is 0 Å². The Morgan fingerprint density at radius 3 is 2.36 bits per heavy atom. The predicted molar refractivity (Wildman–Crippen MR) is 47.2 cm³/mol. The first kappa shape index (κ1) is 8.38. The van der Waals surface area contributed by atoms with E-state index in [0.29, 0.717) is 5.92 Å². The van der Waals surface area contributed by atoms with Crippen LogP contribution in [-0.2, 0) is 4.74 Å². The molecule has 0 unspecified atom stereocenters. The summed E-state index contributed by atoms with van der Waals surface area (Å²) in [6.07, 6.45) is 6.50. The van der Waals surface area contributed by atoms with Gasteiger partial charge in [0.2, 0.25) is 0 Å². The van der Waals surface area contributed by atoms with Gasteiger partial charge in [-0.25, -0.2) is 0 Å². The van der Waals surface area contributed by atoms with Gasteiger partial charge in [-0.1, -0.05) is 25.5 Å². The van der Waals surface area contributed by atoms with Crippen LogP contribution in [0.5, 0.6) is 0 Å². The van der Waals surface area contributed by atoms with E-state index in [1.807, 2.05) is 0 Å². The van der Waals surface area contributed by atoms with Gasteiger partial charge in [0.05, 0.1) is 12.9 Å². The summed E-state index contributed by atoms with van der Waals surface area (Å²) in [7, 11) is 1.74. The molecular weight excluding hydrogens is 136 g/mol. The second kappa shape index (κ2) is 3.61. The fourth-order valence-corrected chi connectivity index (χ4v) is 1.27. The van der Waals surface area contributed by atoms with Crippen LogP contribution in [0.3, 0.4) is 0 Å². The molecule has 0 atom stereocenters. The molecule has 1 nitrogen and oxygen atoms in total. The SMILES string of the molecule is COC1=CCC(C(C)C)=CC1. The van der Waals surface area contributed by atoms with Gasteiger partial charge in [-0.2, -0.15) is 0 Å².